The number of rotatable bonds is 1. The zero-order valence-corrected chi connectivity index (χ0v) is 17.2. The van der Waals surface area contributed by atoms with Gasteiger partial charge in [0.2, 0.25) is 0 Å². The van der Waals surface area contributed by atoms with E-state index >= 15 is 0 Å². The Morgan fingerprint density at radius 2 is 1.24 bits per heavy atom. The fraction of sp³-hybridized carbons (Fsp3) is 0.125. The van der Waals surface area contributed by atoms with Gasteiger partial charge < -0.3 is 0 Å². The van der Waals surface area contributed by atoms with Crippen molar-refractivity contribution in [2.24, 2.45) is 0 Å². The van der Waals surface area contributed by atoms with Crippen LogP contribution in [-0.2, 0) is 6.42 Å². The second-order valence-electron chi connectivity index (χ2n) is 5.24. The van der Waals surface area contributed by atoms with Crippen molar-refractivity contribution in [2.45, 2.75) is 21.3 Å². The maximum atomic E-state index is 3.72. The van der Waals surface area contributed by atoms with Crippen molar-refractivity contribution in [3.8, 4) is 0 Å². The van der Waals surface area contributed by atoms with Crippen molar-refractivity contribution in [1.29, 1.82) is 0 Å². The van der Waals surface area contributed by atoms with E-state index in [1.165, 1.54) is 22.3 Å². The van der Waals surface area contributed by atoms with Crippen LogP contribution in [0.15, 0.2) is 84.9 Å². The Kier molecular flexibility index (Phi) is 11.0. The van der Waals surface area contributed by atoms with Gasteiger partial charge in [-0.25, -0.2) is 0 Å². The van der Waals surface area contributed by atoms with E-state index in [1.54, 1.807) is 0 Å². The molecule has 0 heterocycles. The SMILES string of the molecule is C.C.[2HH].[C-]1=C(c2ccccc2)c2ccccc2C1.[CH2-]c1ccccc1.[U+2]. The van der Waals surface area contributed by atoms with Crippen LogP contribution in [0, 0.1) is 44.1 Å². The molecule has 3 aromatic carbocycles. The van der Waals surface area contributed by atoms with Gasteiger partial charge in [0.15, 0.2) is 0 Å². The maximum Gasteiger partial charge on any atom is 2.00 e. The fourth-order valence-electron chi connectivity index (χ4n) is 2.54. The van der Waals surface area contributed by atoms with E-state index in [0.717, 1.165) is 12.0 Å². The molecule has 0 amide bonds. The Labute approximate surface area is 178 Å². The molecule has 25 heavy (non-hydrogen) atoms. The summed E-state index contributed by atoms with van der Waals surface area (Å²) in [5.41, 5.74) is 6.32. The average Bonchev–Trinajstić information content (AvgIpc) is 3.01. The van der Waals surface area contributed by atoms with Gasteiger partial charge in [-0.2, -0.15) is 36.3 Å². The first-order chi connectivity index (χ1) is 10.8. The smallest absolute Gasteiger partial charge is 0.199 e. The minimum Gasteiger partial charge on any atom is -0.199 e. The van der Waals surface area contributed by atoms with Crippen LogP contribution >= 0.6 is 0 Å². The molecule has 0 fully saturated rings. The summed E-state index contributed by atoms with van der Waals surface area (Å²) in [6.45, 7) is 3.72. The normalized spacial score (nSPS) is 10.5. The monoisotopic (exact) mass is 555 g/mol. The van der Waals surface area contributed by atoms with E-state index in [2.05, 4.69) is 61.5 Å². The summed E-state index contributed by atoms with van der Waals surface area (Å²) in [7, 11) is 0. The van der Waals surface area contributed by atoms with Crippen LogP contribution in [0.5, 0.6) is 0 Å². The van der Waals surface area contributed by atoms with Gasteiger partial charge in [-0.15, -0.1) is 47.0 Å². The Morgan fingerprint density at radius 1 is 0.720 bits per heavy atom. The quantitative estimate of drug-likeness (QED) is 0.288. The van der Waals surface area contributed by atoms with Gasteiger partial charge in [0.1, 0.15) is 0 Å². The van der Waals surface area contributed by atoms with E-state index in [4.69, 9.17) is 0 Å². The van der Waals surface area contributed by atoms with Gasteiger partial charge >= 0.3 is 31.1 Å². The summed E-state index contributed by atoms with van der Waals surface area (Å²) in [5, 5.41) is 0. The molecule has 3 aromatic rings. The van der Waals surface area contributed by atoms with E-state index in [1.807, 2.05) is 36.4 Å². The molecule has 0 aliphatic heterocycles. The van der Waals surface area contributed by atoms with E-state index in [0.29, 0.717) is 0 Å². The third-order valence-corrected chi connectivity index (χ3v) is 3.65. The number of benzene rings is 3. The number of hydrogen-bond acceptors (Lipinski definition) is 0. The van der Waals surface area contributed by atoms with Gasteiger partial charge in [0.25, 0.3) is 0 Å². The van der Waals surface area contributed by atoms with E-state index in [-0.39, 0.29) is 47.4 Å². The first-order valence-electron chi connectivity index (χ1n) is 7.46. The third kappa shape index (κ3) is 6.28. The van der Waals surface area contributed by atoms with Crippen LogP contribution in [0.4, 0.5) is 0 Å². The van der Waals surface area contributed by atoms with Gasteiger partial charge in [-0.05, 0) is 0 Å². The largest absolute Gasteiger partial charge is 2.00 e. The zero-order valence-electron chi connectivity index (χ0n) is 13.0. The molecule has 1 aliphatic carbocycles. The molecule has 0 saturated heterocycles. The van der Waals surface area contributed by atoms with Crippen molar-refractivity contribution in [1.82, 2.24) is 0 Å². The molecule has 0 aromatic heterocycles. The Hall–Kier alpha value is -1.68. The number of fused-ring (bicyclic) bond motifs is 1. The van der Waals surface area contributed by atoms with Crippen LogP contribution in [0.3, 0.4) is 0 Å². The zero-order chi connectivity index (χ0) is 15.2. The van der Waals surface area contributed by atoms with Crippen molar-refractivity contribution < 1.29 is 32.5 Å². The summed E-state index contributed by atoms with van der Waals surface area (Å²) in [6.07, 6.45) is 4.40. The molecule has 0 N–H and O–H groups in total. The molecule has 1 aliphatic rings. The second-order valence-corrected chi connectivity index (χ2v) is 5.24. The average molecular weight is 556 g/mol. The molecule has 1 heteroatoms. The molecule has 0 radical (unpaired) electrons. The Morgan fingerprint density at radius 3 is 1.80 bits per heavy atom. The maximum absolute atomic E-state index is 3.72. The van der Waals surface area contributed by atoms with Crippen molar-refractivity contribution in [3.63, 3.8) is 0 Å². The standard InChI is InChI=1S/C15H11.C7H7.2CH4.U.H2/c1-2-6-12(7-3-1)15-11-10-13-8-4-5-9-14(13)15;1-7-5-3-2-4-6-7;;;;/h1-9H,10H2;2-6H,1H2;2*1H4;;1H/q2*-1;;;+2;/i;;;;;1+1. The first kappa shape index (κ1) is 23.3. The summed E-state index contributed by atoms with van der Waals surface area (Å²) in [6, 6.07) is 28.9. The molecular formula is C24H28U. The second kappa shape index (κ2) is 11.8. The fourth-order valence-corrected chi connectivity index (χ4v) is 2.54. The number of hydrogen-bond donors (Lipinski definition) is 0. The Balaban J connectivity index is 0. The first-order valence-corrected chi connectivity index (χ1v) is 7.46. The summed E-state index contributed by atoms with van der Waals surface area (Å²) >= 11 is 0. The van der Waals surface area contributed by atoms with Crippen LogP contribution < -0.4 is 0 Å². The van der Waals surface area contributed by atoms with Gasteiger partial charge in [-0.3, -0.25) is 0 Å². The summed E-state index contributed by atoms with van der Waals surface area (Å²) < 4.78 is 0. The van der Waals surface area contributed by atoms with Crippen LogP contribution in [0.1, 0.15) is 38.5 Å². The predicted molar refractivity (Wildman–Crippen MR) is 109 cm³/mol. The molecule has 4 rings (SSSR count). The molecule has 0 bridgehead atoms. The van der Waals surface area contributed by atoms with Gasteiger partial charge in [0, 0.05) is 1.43 Å². The molecule has 0 spiro atoms. The molecular weight excluding hydrogens is 526 g/mol. The molecule has 0 unspecified atom stereocenters. The van der Waals surface area contributed by atoms with Crippen molar-refractivity contribution >= 4 is 5.57 Å². The number of allylic oxidation sites excluding steroid dienone is 1. The summed E-state index contributed by atoms with van der Waals surface area (Å²) in [4.78, 5) is 0. The van der Waals surface area contributed by atoms with Crippen LogP contribution in [0.25, 0.3) is 5.57 Å². The summed E-state index contributed by atoms with van der Waals surface area (Å²) in [5.74, 6) is 0. The van der Waals surface area contributed by atoms with Crippen LogP contribution in [-0.4, -0.2) is 0 Å². The Bertz CT molecular complexity index is 764. The molecule has 128 valence electrons. The molecule has 0 nitrogen and oxygen atoms in total. The minimum atomic E-state index is 0. The van der Waals surface area contributed by atoms with Crippen LogP contribution in [0.2, 0.25) is 0 Å². The van der Waals surface area contributed by atoms with E-state index < -0.39 is 0 Å². The van der Waals surface area contributed by atoms with E-state index in [9.17, 15) is 0 Å². The predicted octanol–water partition coefficient (Wildman–Crippen LogP) is 6.86. The van der Waals surface area contributed by atoms with Crippen molar-refractivity contribution in [3.05, 3.63) is 120 Å². The van der Waals surface area contributed by atoms with Crippen molar-refractivity contribution in [2.75, 3.05) is 0 Å². The molecule has 0 atom stereocenters. The third-order valence-electron chi connectivity index (χ3n) is 3.65. The van der Waals surface area contributed by atoms with Gasteiger partial charge in [-0.1, -0.05) is 63.7 Å². The topological polar surface area (TPSA) is 0 Å². The van der Waals surface area contributed by atoms with Gasteiger partial charge in [0.05, 0.1) is 0 Å². The minimum absolute atomic E-state index is 0. The molecule has 0 saturated carbocycles.